The Morgan fingerprint density at radius 2 is 2.10 bits per heavy atom. The predicted molar refractivity (Wildman–Crippen MR) is 79.2 cm³/mol. The number of nitrogen functional groups attached to an aromatic ring is 1. The Morgan fingerprint density at radius 1 is 1.38 bits per heavy atom. The van der Waals surface area contributed by atoms with Gasteiger partial charge < -0.3 is 15.2 Å². The number of aryl methyl sites for hydroxylation is 2. The quantitative estimate of drug-likeness (QED) is 0.853. The molecule has 6 nitrogen and oxygen atoms in total. The second-order valence-electron chi connectivity index (χ2n) is 4.55. The first-order chi connectivity index (χ1) is 10.1. The van der Waals surface area contributed by atoms with Gasteiger partial charge in [0.1, 0.15) is 12.4 Å². The maximum Gasteiger partial charge on any atom is 0.359 e. The highest BCUT2D eigenvalue weighted by Crippen LogP contribution is 2.21. The summed E-state index contributed by atoms with van der Waals surface area (Å²) in [6.45, 7) is 4.33. The fourth-order valence-corrected chi connectivity index (χ4v) is 2.07. The predicted octanol–water partition coefficient (Wildman–Crippen LogP) is 2.16. The number of anilines is 1. The zero-order valence-corrected chi connectivity index (χ0v) is 12.4. The van der Waals surface area contributed by atoms with Crippen LogP contribution in [0.5, 0.6) is 5.75 Å². The van der Waals surface area contributed by atoms with Gasteiger partial charge in [0.15, 0.2) is 5.69 Å². The van der Waals surface area contributed by atoms with Crippen molar-refractivity contribution < 1.29 is 14.3 Å². The van der Waals surface area contributed by atoms with Crippen LogP contribution in [0, 0.1) is 6.92 Å². The van der Waals surface area contributed by atoms with Crippen molar-refractivity contribution in [2.75, 3.05) is 12.8 Å². The number of para-hydroxylation sites is 1. The summed E-state index contributed by atoms with van der Waals surface area (Å²) >= 11 is 0. The van der Waals surface area contributed by atoms with Crippen LogP contribution in [0.2, 0.25) is 0 Å². The Balaban J connectivity index is 2.16. The number of ether oxygens (including phenoxy) is 2. The van der Waals surface area contributed by atoms with Crippen LogP contribution in [0.15, 0.2) is 24.3 Å². The van der Waals surface area contributed by atoms with Crippen LogP contribution in [0.3, 0.4) is 0 Å². The molecule has 21 heavy (non-hydrogen) atoms. The third kappa shape index (κ3) is 2.99. The van der Waals surface area contributed by atoms with Gasteiger partial charge in [0, 0.05) is 12.1 Å². The van der Waals surface area contributed by atoms with E-state index in [0.29, 0.717) is 29.4 Å². The highest BCUT2D eigenvalue weighted by molar-refractivity contribution is 5.93. The Morgan fingerprint density at radius 3 is 2.76 bits per heavy atom. The molecule has 0 radical (unpaired) electrons. The summed E-state index contributed by atoms with van der Waals surface area (Å²) in [7, 11) is 1.58. The minimum atomic E-state index is -0.485. The van der Waals surface area contributed by atoms with Crippen LogP contribution in [0.1, 0.15) is 28.7 Å². The van der Waals surface area contributed by atoms with Gasteiger partial charge in [-0.05, 0) is 19.9 Å². The standard InChI is InChI=1S/C15H19N3O3/c1-4-18-14(13(16)10(2)17-18)15(19)21-9-11-7-5-6-8-12(11)20-3/h5-8H,4,9,16H2,1-3H3. The number of rotatable bonds is 5. The van der Waals surface area contributed by atoms with Gasteiger partial charge in [0.2, 0.25) is 0 Å². The molecule has 0 fully saturated rings. The van der Waals surface area contributed by atoms with Gasteiger partial charge in [0.05, 0.1) is 18.5 Å². The average Bonchev–Trinajstić information content (AvgIpc) is 2.80. The molecule has 0 saturated heterocycles. The number of carbonyl (C=O) groups is 1. The molecule has 0 unspecified atom stereocenters. The molecule has 1 heterocycles. The smallest absolute Gasteiger partial charge is 0.359 e. The normalized spacial score (nSPS) is 10.4. The number of nitrogens with zero attached hydrogens (tertiary/aromatic N) is 2. The van der Waals surface area contributed by atoms with Gasteiger partial charge in [-0.2, -0.15) is 5.10 Å². The molecule has 0 aliphatic carbocycles. The van der Waals surface area contributed by atoms with E-state index < -0.39 is 5.97 Å². The summed E-state index contributed by atoms with van der Waals surface area (Å²) in [5, 5.41) is 4.20. The fraction of sp³-hybridized carbons (Fsp3) is 0.333. The first-order valence-corrected chi connectivity index (χ1v) is 6.70. The van der Waals surface area contributed by atoms with E-state index >= 15 is 0 Å². The van der Waals surface area contributed by atoms with Crippen molar-refractivity contribution in [3.8, 4) is 5.75 Å². The van der Waals surface area contributed by atoms with Crippen molar-refractivity contribution in [1.29, 1.82) is 0 Å². The molecule has 0 aliphatic rings. The molecule has 0 saturated carbocycles. The number of nitrogens with two attached hydrogens (primary N) is 1. The molecule has 0 bridgehead atoms. The van der Waals surface area contributed by atoms with E-state index in [2.05, 4.69) is 5.10 Å². The van der Waals surface area contributed by atoms with Crippen LogP contribution < -0.4 is 10.5 Å². The minimum Gasteiger partial charge on any atom is -0.496 e. The second-order valence-corrected chi connectivity index (χ2v) is 4.55. The lowest BCUT2D eigenvalue weighted by molar-refractivity contribution is 0.0457. The molecule has 2 aromatic rings. The van der Waals surface area contributed by atoms with Crippen molar-refractivity contribution in [2.45, 2.75) is 27.0 Å². The summed E-state index contributed by atoms with van der Waals surface area (Å²) in [6.07, 6.45) is 0. The molecule has 1 aromatic heterocycles. The van der Waals surface area contributed by atoms with Gasteiger partial charge in [-0.15, -0.1) is 0 Å². The Bertz CT molecular complexity index is 650. The molecule has 1 aromatic carbocycles. The van der Waals surface area contributed by atoms with E-state index in [0.717, 1.165) is 5.56 Å². The molecule has 0 atom stereocenters. The summed E-state index contributed by atoms with van der Waals surface area (Å²) < 4.78 is 12.1. The number of hydrogen-bond donors (Lipinski definition) is 1. The maximum atomic E-state index is 12.2. The zero-order chi connectivity index (χ0) is 15.4. The molecule has 2 rings (SSSR count). The zero-order valence-electron chi connectivity index (χ0n) is 12.4. The maximum absolute atomic E-state index is 12.2. The third-order valence-corrected chi connectivity index (χ3v) is 3.22. The van der Waals surface area contributed by atoms with Crippen molar-refractivity contribution >= 4 is 11.7 Å². The van der Waals surface area contributed by atoms with E-state index in [1.807, 2.05) is 31.2 Å². The van der Waals surface area contributed by atoms with Gasteiger partial charge in [-0.25, -0.2) is 4.79 Å². The van der Waals surface area contributed by atoms with Gasteiger partial charge in [-0.1, -0.05) is 18.2 Å². The lowest BCUT2D eigenvalue weighted by Crippen LogP contribution is -2.14. The number of carbonyl (C=O) groups excluding carboxylic acids is 1. The van der Waals surface area contributed by atoms with Gasteiger partial charge in [-0.3, -0.25) is 4.68 Å². The molecule has 0 spiro atoms. The van der Waals surface area contributed by atoms with E-state index in [4.69, 9.17) is 15.2 Å². The minimum absolute atomic E-state index is 0.121. The van der Waals surface area contributed by atoms with E-state index in [1.165, 1.54) is 0 Å². The summed E-state index contributed by atoms with van der Waals surface area (Å²) in [5.41, 5.74) is 7.98. The van der Waals surface area contributed by atoms with Crippen molar-refractivity contribution in [2.24, 2.45) is 0 Å². The van der Waals surface area contributed by atoms with E-state index in [-0.39, 0.29) is 6.61 Å². The first-order valence-electron chi connectivity index (χ1n) is 6.70. The third-order valence-electron chi connectivity index (χ3n) is 3.22. The SMILES string of the molecule is CCn1nc(C)c(N)c1C(=O)OCc1ccccc1OC. The van der Waals surface area contributed by atoms with Gasteiger partial charge in [0.25, 0.3) is 0 Å². The van der Waals surface area contributed by atoms with Crippen LogP contribution in [-0.4, -0.2) is 22.9 Å². The molecule has 0 aliphatic heterocycles. The molecule has 6 heteroatoms. The number of esters is 1. The highest BCUT2D eigenvalue weighted by atomic mass is 16.5. The lowest BCUT2D eigenvalue weighted by atomic mass is 10.2. The fourth-order valence-electron chi connectivity index (χ4n) is 2.07. The molecule has 0 amide bonds. The van der Waals surface area contributed by atoms with Crippen molar-refractivity contribution in [3.63, 3.8) is 0 Å². The van der Waals surface area contributed by atoms with Crippen LogP contribution in [0.25, 0.3) is 0 Å². The molecular weight excluding hydrogens is 270 g/mol. The second kappa shape index (κ2) is 6.30. The molecule has 2 N–H and O–H groups in total. The average molecular weight is 289 g/mol. The largest absolute Gasteiger partial charge is 0.496 e. The number of benzene rings is 1. The summed E-state index contributed by atoms with van der Waals surface area (Å²) in [5.74, 6) is 0.194. The van der Waals surface area contributed by atoms with E-state index in [1.54, 1.807) is 18.7 Å². The van der Waals surface area contributed by atoms with Crippen molar-refractivity contribution in [3.05, 3.63) is 41.2 Å². The lowest BCUT2D eigenvalue weighted by Gasteiger charge is -2.10. The number of methoxy groups -OCH3 is 1. The number of hydrogen-bond acceptors (Lipinski definition) is 5. The first kappa shape index (κ1) is 14.9. The van der Waals surface area contributed by atoms with Crippen LogP contribution in [-0.2, 0) is 17.9 Å². The summed E-state index contributed by atoms with van der Waals surface area (Å²) in [6, 6.07) is 7.38. The molecule has 112 valence electrons. The summed E-state index contributed by atoms with van der Waals surface area (Å²) in [4.78, 5) is 12.2. The van der Waals surface area contributed by atoms with Crippen molar-refractivity contribution in [1.82, 2.24) is 9.78 Å². The monoisotopic (exact) mass is 289 g/mol. The Kier molecular flexibility index (Phi) is 4.47. The highest BCUT2D eigenvalue weighted by Gasteiger charge is 2.20. The Labute approximate surface area is 123 Å². The van der Waals surface area contributed by atoms with Crippen LogP contribution in [0.4, 0.5) is 5.69 Å². The topological polar surface area (TPSA) is 79.4 Å². The number of aromatic nitrogens is 2. The van der Waals surface area contributed by atoms with Crippen LogP contribution >= 0.6 is 0 Å². The van der Waals surface area contributed by atoms with E-state index in [9.17, 15) is 4.79 Å². The Hall–Kier alpha value is -2.50. The van der Waals surface area contributed by atoms with Gasteiger partial charge >= 0.3 is 5.97 Å². The molecular formula is C15H19N3O3.